The van der Waals surface area contributed by atoms with Gasteiger partial charge in [0, 0.05) is 15.9 Å². The molecule has 0 bridgehead atoms. The van der Waals surface area contributed by atoms with Crippen LogP contribution in [-0.2, 0) is 4.74 Å². The molecule has 0 spiro atoms. The minimum absolute atomic E-state index is 0.422. The van der Waals surface area contributed by atoms with Crippen molar-refractivity contribution in [3.63, 3.8) is 0 Å². The van der Waals surface area contributed by atoms with E-state index in [9.17, 15) is 0 Å². The van der Waals surface area contributed by atoms with Crippen LogP contribution in [0.5, 0.6) is 0 Å². The molecule has 1 heterocycles. The third-order valence-corrected chi connectivity index (χ3v) is 4.60. The summed E-state index contributed by atoms with van der Waals surface area (Å²) in [6.45, 7) is 1.81. The molecule has 2 unspecified atom stereocenters. The van der Waals surface area contributed by atoms with Crippen LogP contribution >= 0.6 is 31.9 Å². The summed E-state index contributed by atoms with van der Waals surface area (Å²) >= 11 is 7.23. The number of benzene rings is 1. The van der Waals surface area contributed by atoms with Crippen LogP contribution in [0.2, 0.25) is 0 Å². The van der Waals surface area contributed by atoms with Crippen LogP contribution in [0.25, 0.3) is 0 Å². The van der Waals surface area contributed by atoms with Crippen molar-refractivity contribution >= 4 is 31.9 Å². The molecule has 0 N–H and O–H groups in total. The summed E-state index contributed by atoms with van der Waals surface area (Å²) < 4.78 is 6.64. The second-order valence-corrected chi connectivity index (χ2v) is 5.83. The number of alkyl halides is 1. The van der Waals surface area contributed by atoms with Gasteiger partial charge in [-0.15, -0.1) is 0 Å². The van der Waals surface area contributed by atoms with Gasteiger partial charge in [0.1, 0.15) is 0 Å². The molecule has 1 aliphatic heterocycles. The van der Waals surface area contributed by atoms with Crippen LogP contribution in [0.4, 0.5) is 0 Å². The largest absolute Gasteiger partial charge is 0.381 e. The Morgan fingerprint density at radius 3 is 2.60 bits per heavy atom. The van der Waals surface area contributed by atoms with E-state index < -0.39 is 0 Å². The lowest BCUT2D eigenvalue weighted by Gasteiger charge is -2.26. The molecule has 2 atom stereocenters. The van der Waals surface area contributed by atoms with Gasteiger partial charge >= 0.3 is 0 Å². The molecule has 1 aliphatic rings. The first kappa shape index (κ1) is 11.6. The predicted molar refractivity (Wildman–Crippen MR) is 69.4 cm³/mol. The normalized spacial score (nSPS) is 23.7. The molecule has 1 fully saturated rings. The van der Waals surface area contributed by atoms with Crippen molar-refractivity contribution in [2.24, 2.45) is 5.92 Å². The van der Waals surface area contributed by atoms with Gasteiger partial charge in [-0.3, -0.25) is 0 Å². The Kier molecular flexibility index (Phi) is 4.23. The third-order valence-electron chi connectivity index (χ3n) is 2.80. The molecule has 82 valence electrons. The molecule has 0 aliphatic carbocycles. The highest BCUT2D eigenvalue weighted by atomic mass is 79.9. The van der Waals surface area contributed by atoms with E-state index in [4.69, 9.17) is 4.74 Å². The van der Waals surface area contributed by atoms with Crippen LogP contribution in [0.1, 0.15) is 23.2 Å². The molecule has 1 aromatic rings. The van der Waals surface area contributed by atoms with Crippen LogP contribution in [-0.4, -0.2) is 13.2 Å². The molecule has 0 amide bonds. The number of hydrogen-bond donors (Lipinski definition) is 0. The molecule has 2 rings (SSSR count). The number of hydrogen-bond acceptors (Lipinski definition) is 1. The van der Waals surface area contributed by atoms with Crippen molar-refractivity contribution in [3.05, 3.63) is 34.3 Å². The molecule has 0 saturated carbocycles. The summed E-state index contributed by atoms with van der Waals surface area (Å²) in [6, 6.07) is 8.51. The summed E-state index contributed by atoms with van der Waals surface area (Å²) in [5.41, 5.74) is 1.34. The van der Waals surface area contributed by atoms with E-state index >= 15 is 0 Å². The molecule has 3 heteroatoms. The van der Waals surface area contributed by atoms with Crippen LogP contribution in [0.3, 0.4) is 0 Å². The highest BCUT2D eigenvalue weighted by Gasteiger charge is 2.23. The molecule has 1 aromatic carbocycles. The number of halogens is 2. The zero-order chi connectivity index (χ0) is 10.7. The van der Waals surface area contributed by atoms with Gasteiger partial charge in [-0.2, -0.15) is 0 Å². The average Bonchev–Trinajstić information content (AvgIpc) is 2.30. The third kappa shape index (κ3) is 3.05. The molecule has 1 saturated heterocycles. The maximum absolute atomic E-state index is 5.51. The van der Waals surface area contributed by atoms with Gasteiger partial charge in [0.2, 0.25) is 0 Å². The molecule has 15 heavy (non-hydrogen) atoms. The van der Waals surface area contributed by atoms with Crippen LogP contribution < -0.4 is 0 Å². The Hall–Kier alpha value is 0.140. The fourth-order valence-corrected chi connectivity index (χ4v) is 2.90. The van der Waals surface area contributed by atoms with Crippen molar-refractivity contribution in [1.82, 2.24) is 0 Å². The number of ether oxygens (including phenoxy) is 1. The monoisotopic (exact) mass is 332 g/mol. The van der Waals surface area contributed by atoms with Gasteiger partial charge in [0.15, 0.2) is 0 Å². The second-order valence-electron chi connectivity index (χ2n) is 3.93. The van der Waals surface area contributed by atoms with E-state index in [1.54, 1.807) is 0 Å². The molecule has 1 nitrogen and oxygen atoms in total. The summed E-state index contributed by atoms with van der Waals surface area (Å²) in [6.07, 6.45) is 2.44. The van der Waals surface area contributed by atoms with Crippen molar-refractivity contribution in [3.8, 4) is 0 Å². The minimum atomic E-state index is 0.422. The zero-order valence-corrected chi connectivity index (χ0v) is 11.6. The Morgan fingerprint density at radius 2 is 2.00 bits per heavy atom. The van der Waals surface area contributed by atoms with Gasteiger partial charge in [-0.1, -0.05) is 44.0 Å². The van der Waals surface area contributed by atoms with Crippen LogP contribution in [0.15, 0.2) is 28.7 Å². The zero-order valence-electron chi connectivity index (χ0n) is 8.46. The van der Waals surface area contributed by atoms with Crippen molar-refractivity contribution < 1.29 is 4.74 Å². The van der Waals surface area contributed by atoms with Crippen molar-refractivity contribution in [1.29, 1.82) is 0 Å². The van der Waals surface area contributed by atoms with E-state index in [0.29, 0.717) is 10.7 Å². The topological polar surface area (TPSA) is 9.23 Å². The van der Waals surface area contributed by atoms with Gasteiger partial charge in [0.05, 0.1) is 6.61 Å². The first-order valence-corrected chi connectivity index (χ1v) is 6.95. The van der Waals surface area contributed by atoms with Crippen LogP contribution in [0, 0.1) is 5.92 Å². The smallest absolute Gasteiger partial charge is 0.0508 e. The number of rotatable bonds is 2. The fraction of sp³-hybridized carbons (Fsp3) is 0.500. The molecule has 0 aromatic heterocycles. The Morgan fingerprint density at radius 1 is 1.27 bits per heavy atom. The van der Waals surface area contributed by atoms with Crippen molar-refractivity contribution in [2.45, 2.75) is 17.7 Å². The Labute approximate surface area is 107 Å². The SMILES string of the molecule is Brc1ccc(C(Br)C2CCCOC2)cc1. The standard InChI is InChI=1S/C12H14Br2O/c13-11-5-3-9(4-6-11)12(14)10-2-1-7-15-8-10/h3-6,10,12H,1-2,7-8H2. The lowest BCUT2D eigenvalue weighted by atomic mass is 9.94. The summed E-state index contributed by atoms with van der Waals surface area (Å²) in [4.78, 5) is 0.422. The summed E-state index contributed by atoms with van der Waals surface area (Å²) in [5.74, 6) is 0.611. The predicted octanol–water partition coefficient (Wildman–Crippen LogP) is 4.31. The highest BCUT2D eigenvalue weighted by Crippen LogP contribution is 2.36. The maximum atomic E-state index is 5.51. The van der Waals surface area contributed by atoms with E-state index in [1.165, 1.54) is 18.4 Å². The first-order valence-electron chi connectivity index (χ1n) is 5.24. The van der Waals surface area contributed by atoms with E-state index in [0.717, 1.165) is 17.7 Å². The van der Waals surface area contributed by atoms with E-state index in [2.05, 4.69) is 56.1 Å². The molecular weight excluding hydrogens is 320 g/mol. The molecular formula is C12H14Br2O. The minimum Gasteiger partial charge on any atom is -0.381 e. The fourth-order valence-electron chi connectivity index (χ4n) is 1.92. The van der Waals surface area contributed by atoms with Crippen molar-refractivity contribution in [2.75, 3.05) is 13.2 Å². The van der Waals surface area contributed by atoms with E-state index in [-0.39, 0.29) is 0 Å². The summed E-state index contributed by atoms with van der Waals surface area (Å²) in [5, 5.41) is 0. The quantitative estimate of drug-likeness (QED) is 0.733. The molecule has 0 radical (unpaired) electrons. The Bertz CT molecular complexity index is 304. The van der Waals surface area contributed by atoms with Gasteiger partial charge in [-0.25, -0.2) is 0 Å². The average molecular weight is 334 g/mol. The Balaban J connectivity index is 2.05. The van der Waals surface area contributed by atoms with E-state index in [1.807, 2.05) is 0 Å². The summed E-state index contributed by atoms with van der Waals surface area (Å²) in [7, 11) is 0. The van der Waals surface area contributed by atoms with Gasteiger partial charge in [0.25, 0.3) is 0 Å². The second kappa shape index (κ2) is 5.46. The highest BCUT2D eigenvalue weighted by molar-refractivity contribution is 9.10. The lowest BCUT2D eigenvalue weighted by molar-refractivity contribution is 0.0546. The lowest BCUT2D eigenvalue weighted by Crippen LogP contribution is -2.20. The maximum Gasteiger partial charge on any atom is 0.0508 e. The van der Waals surface area contributed by atoms with Gasteiger partial charge in [-0.05, 0) is 36.5 Å². The van der Waals surface area contributed by atoms with Gasteiger partial charge < -0.3 is 4.74 Å². The first-order chi connectivity index (χ1) is 7.27.